The Morgan fingerprint density at radius 3 is 2.79 bits per heavy atom. The summed E-state index contributed by atoms with van der Waals surface area (Å²) in [5.41, 5.74) is 3.99. The maximum Gasteiger partial charge on any atom is 0.339 e. The molecule has 2 aliphatic rings. The Labute approximate surface area is 199 Å². The number of hydrogen-bond acceptors (Lipinski definition) is 5. The fourth-order valence-corrected chi connectivity index (χ4v) is 5.24. The lowest BCUT2D eigenvalue weighted by atomic mass is 9.86. The second-order valence-electron chi connectivity index (χ2n) is 9.38. The topological polar surface area (TPSA) is 81.4 Å². The zero-order valence-electron chi connectivity index (χ0n) is 19.5. The van der Waals surface area contributed by atoms with Gasteiger partial charge in [0, 0.05) is 11.4 Å². The molecule has 0 radical (unpaired) electrons. The van der Waals surface area contributed by atoms with Crippen molar-refractivity contribution in [1.82, 2.24) is 10.3 Å². The molecular formula is C28H30N2O4. The van der Waals surface area contributed by atoms with Gasteiger partial charge in [-0.05, 0) is 73.4 Å². The van der Waals surface area contributed by atoms with Crippen LogP contribution in [0.5, 0.6) is 0 Å². The van der Waals surface area contributed by atoms with Crippen molar-refractivity contribution in [1.29, 1.82) is 0 Å². The highest BCUT2D eigenvalue weighted by Gasteiger charge is 2.27. The van der Waals surface area contributed by atoms with E-state index in [1.54, 1.807) is 6.26 Å². The quantitative estimate of drug-likeness (QED) is 0.507. The van der Waals surface area contributed by atoms with Crippen LogP contribution in [0.15, 0.2) is 47.1 Å². The van der Waals surface area contributed by atoms with Gasteiger partial charge < -0.3 is 14.5 Å². The second-order valence-corrected chi connectivity index (χ2v) is 9.38. The maximum atomic E-state index is 13.3. The molecule has 1 amide bonds. The van der Waals surface area contributed by atoms with E-state index in [9.17, 15) is 9.59 Å². The van der Waals surface area contributed by atoms with Crippen LogP contribution < -0.4 is 5.32 Å². The summed E-state index contributed by atoms with van der Waals surface area (Å²) in [4.78, 5) is 30.8. The molecule has 6 heteroatoms. The Kier molecular flexibility index (Phi) is 6.48. The number of allylic oxidation sites excluding steroid dienone is 1. The molecule has 0 unspecified atom stereocenters. The number of nitrogens with zero attached hydrogens (tertiary/aromatic N) is 1. The Morgan fingerprint density at radius 1 is 1.12 bits per heavy atom. The van der Waals surface area contributed by atoms with Crippen molar-refractivity contribution in [3.05, 3.63) is 65.2 Å². The molecule has 3 aromatic rings. The second kappa shape index (κ2) is 9.84. The summed E-state index contributed by atoms with van der Waals surface area (Å²) in [5, 5.41) is 3.82. The molecular weight excluding hydrogens is 428 g/mol. The summed E-state index contributed by atoms with van der Waals surface area (Å²) < 4.78 is 11.1. The Balaban J connectivity index is 1.42. The lowest BCUT2D eigenvalue weighted by molar-refractivity contribution is -0.125. The maximum absolute atomic E-state index is 13.3. The summed E-state index contributed by atoms with van der Waals surface area (Å²) in [7, 11) is 0. The summed E-state index contributed by atoms with van der Waals surface area (Å²) in [6, 6.07) is 11.5. The zero-order chi connectivity index (χ0) is 23.5. The van der Waals surface area contributed by atoms with E-state index in [2.05, 4.69) is 12.2 Å². The molecule has 2 atom stereocenters. The van der Waals surface area contributed by atoms with E-state index in [4.69, 9.17) is 14.1 Å². The average molecular weight is 459 g/mol. The summed E-state index contributed by atoms with van der Waals surface area (Å²) >= 11 is 0. The van der Waals surface area contributed by atoms with E-state index >= 15 is 0 Å². The van der Waals surface area contributed by atoms with Crippen LogP contribution in [0.25, 0.3) is 22.6 Å². The Morgan fingerprint density at radius 2 is 1.97 bits per heavy atom. The van der Waals surface area contributed by atoms with Crippen molar-refractivity contribution in [2.45, 2.75) is 57.9 Å². The summed E-state index contributed by atoms with van der Waals surface area (Å²) in [6.07, 6.45) is 10.6. The largest absolute Gasteiger partial charge is 0.465 e. The van der Waals surface area contributed by atoms with Crippen molar-refractivity contribution < 1.29 is 18.7 Å². The monoisotopic (exact) mass is 458 g/mol. The van der Waals surface area contributed by atoms with E-state index in [0.717, 1.165) is 72.0 Å². The number of carbonyl (C=O) groups is 2. The van der Waals surface area contributed by atoms with E-state index < -0.39 is 5.97 Å². The van der Waals surface area contributed by atoms with Crippen LogP contribution in [0, 0.1) is 5.92 Å². The van der Waals surface area contributed by atoms with Crippen molar-refractivity contribution in [3.8, 4) is 0 Å². The predicted molar refractivity (Wildman–Crippen MR) is 131 cm³/mol. The van der Waals surface area contributed by atoms with E-state index in [0.29, 0.717) is 11.5 Å². The molecule has 2 heterocycles. The molecule has 0 bridgehead atoms. The molecule has 0 spiro atoms. The van der Waals surface area contributed by atoms with Crippen molar-refractivity contribution in [2.75, 3.05) is 6.61 Å². The van der Waals surface area contributed by atoms with Gasteiger partial charge in [0.1, 0.15) is 5.76 Å². The summed E-state index contributed by atoms with van der Waals surface area (Å²) in [5.74, 6) is 0.498. The number of benzene rings is 1. The number of hydrogen-bond donors (Lipinski definition) is 1. The molecule has 34 heavy (non-hydrogen) atoms. The van der Waals surface area contributed by atoms with E-state index in [1.807, 2.05) is 42.5 Å². The third-order valence-electron chi connectivity index (χ3n) is 7.03. The molecule has 1 N–H and O–H groups in total. The number of carbonyl (C=O) groups excluding carboxylic acids is 2. The minimum Gasteiger partial charge on any atom is -0.465 e. The Bertz CT molecular complexity index is 1230. The molecule has 1 fully saturated rings. The van der Waals surface area contributed by atoms with Gasteiger partial charge in [0.15, 0.2) is 6.61 Å². The van der Waals surface area contributed by atoms with Gasteiger partial charge in [-0.15, -0.1) is 0 Å². The molecule has 6 nitrogen and oxygen atoms in total. The van der Waals surface area contributed by atoms with Gasteiger partial charge in [-0.2, -0.15) is 0 Å². The highest BCUT2D eigenvalue weighted by Crippen LogP contribution is 2.36. The van der Waals surface area contributed by atoms with Gasteiger partial charge in [-0.1, -0.05) is 38.0 Å². The fraction of sp³-hybridized carbons (Fsp3) is 0.393. The number of fused-ring (bicyclic) bond motifs is 2. The number of pyridine rings is 1. The number of furan rings is 1. The van der Waals surface area contributed by atoms with Gasteiger partial charge in [0.05, 0.1) is 23.0 Å². The molecule has 176 valence electrons. The minimum absolute atomic E-state index is 0.156. The number of amides is 1. The van der Waals surface area contributed by atoms with Gasteiger partial charge in [0.25, 0.3) is 5.91 Å². The van der Waals surface area contributed by atoms with Gasteiger partial charge in [0.2, 0.25) is 0 Å². The predicted octanol–water partition coefficient (Wildman–Crippen LogP) is 5.56. The summed E-state index contributed by atoms with van der Waals surface area (Å²) in [6.45, 7) is 1.89. The number of para-hydroxylation sites is 1. The molecule has 0 aliphatic heterocycles. The van der Waals surface area contributed by atoms with Crippen LogP contribution in [0.2, 0.25) is 0 Å². The first-order valence-electron chi connectivity index (χ1n) is 12.2. The van der Waals surface area contributed by atoms with Crippen LogP contribution in [-0.2, 0) is 16.0 Å². The minimum atomic E-state index is -0.471. The van der Waals surface area contributed by atoms with Crippen LogP contribution in [-0.4, -0.2) is 29.5 Å². The number of nitrogens with one attached hydrogen (secondary N) is 1. The number of ether oxygens (including phenoxy) is 1. The van der Waals surface area contributed by atoms with Crippen molar-refractivity contribution in [2.24, 2.45) is 5.92 Å². The van der Waals surface area contributed by atoms with Crippen LogP contribution in [0.1, 0.15) is 72.8 Å². The molecule has 2 aliphatic carbocycles. The van der Waals surface area contributed by atoms with Crippen molar-refractivity contribution in [3.63, 3.8) is 0 Å². The molecule has 1 aromatic carbocycles. The fourth-order valence-electron chi connectivity index (χ4n) is 5.24. The van der Waals surface area contributed by atoms with Crippen LogP contribution >= 0.6 is 0 Å². The number of rotatable bonds is 5. The lowest BCUT2D eigenvalue weighted by Gasteiger charge is -2.29. The van der Waals surface area contributed by atoms with Crippen LogP contribution in [0.4, 0.5) is 0 Å². The first-order chi connectivity index (χ1) is 16.6. The Hall–Kier alpha value is -3.41. The SMILES string of the molecule is C[C@@H]1CCCC[C@H]1NC(=O)COC(=O)c1c2c(nc3ccccc13)/C(=C\c1ccco1)CCC2. The third kappa shape index (κ3) is 4.63. The average Bonchev–Trinajstić information content (AvgIpc) is 3.36. The zero-order valence-corrected chi connectivity index (χ0v) is 19.5. The van der Waals surface area contributed by atoms with E-state index in [1.165, 1.54) is 6.42 Å². The number of esters is 1. The van der Waals surface area contributed by atoms with Gasteiger partial charge in [-0.3, -0.25) is 4.79 Å². The standard InChI is InChI=1S/C28H30N2O4/c1-18-8-2-4-13-23(18)29-25(31)17-34-28(32)26-21-11-3-5-14-24(21)30-27-19(9-6-12-22(26)27)16-20-10-7-15-33-20/h3,5,7,10-11,14-16,18,23H,2,4,6,8-9,12-13,17H2,1H3,(H,29,31)/b19-16-/t18-,23-/m1/s1. The first-order valence-corrected chi connectivity index (χ1v) is 12.2. The normalized spacial score (nSPS) is 21.3. The first kappa shape index (κ1) is 22.4. The van der Waals surface area contributed by atoms with Gasteiger partial charge >= 0.3 is 5.97 Å². The van der Waals surface area contributed by atoms with Crippen LogP contribution in [0.3, 0.4) is 0 Å². The number of aromatic nitrogens is 1. The third-order valence-corrected chi connectivity index (χ3v) is 7.03. The molecule has 5 rings (SSSR count). The smallest absolute Gasteiger partial charge is 0.339 e. The van der Waals surface area contributed by atoms with E-state index in [-0.39, 0.29) is 18.6 Å². The lowest BCUT2D eigenvalue weighted by Crippen LogP contribution is -2.42. The molecule has 0 saturated heterocycles. The highest BCUT2D eigenvalue weighted by molar-refractivity contribution is 6.07. The highest BCUT2D eigenvalue weighted by atomic mass is 16.5. The molecule has 1 saturated carbocycles. The van der Waals surface area contributed by atoms with Crippen molar-refractivity contribution >= 4 is 34.4 Å². The molecule has 2 aromatic heterocycles. The van der Waals surface area contributed by atoms with Gasteiger partial charge in [-0.25, -0.2) is 9.78 Å².